The van der Waals surface area contributed by atoms with E-state index in [0.29, 0.717) is 18.6 Å². The first-order chi connectivity index (χ1) is 12.2. The number of likely N-dealkylation sites (tertiary alicyclic amines) is 1. The molecular weight excluding hydrogens is 318 g/mol. The van der Waals surface area contributed by atoms with Gasteiger partial charge in [0, 0.05) is 19.2 Å². The van der Waals surface area contributed by atoms with Crippen LogP contribution in [-0.4, -0.2) is 50.8 Å². The largest absolute Gasteiger partial charge is 0.493 e. The Balaban J connectivity index is 1.62. The van der Waals surface area contributed by atoms with Crippen molar-refractivity contribution in [2.24, 2.45) is 5.92 Å². The van der Waals surface area contributed by atoms with Crippen molar-refractivity contribution in [3.8, 4) is 11.5 Å². The zero-order valence-electron chi connectivity index (χ0n) is 15.3. The van der Waals surface area contributed by atoms with E-state index in [9.17, 15) is 4.79 Å². The zero-order chi connectivity index (χ0) is 17.6. The summed E-state index contributed by atoms with van der Waals surface area (Å²) in [7, 11) is 3.31. The fraction of sp³-hybridized carbons (Fsp3) is 0.650. The third kappa shape index (κ3) is 4.27. The van der Waals surface area contributed by atoms with Crippen LogP contribution >= 0.6 is 0 Å². The number of methoxy groups -OCH3 is 2. The van der Waals surface area contributed by atoms with Crippen LogP contribution in [0.25, 0.3) is 0 Å². The van der Waals surface area contributed by atoms with Crippen molar-refractivity contribution in [3.63, 3.8) is 0 Å². The highest BCUT2D eigenvalue weighted by molar-refractivity contribution is 5.79. The molecule has 0 aromatic heterocycles. The Kier molecular flexibility index (Phi) is 6.19. The average Bonchev–Trinajstić information content (AvgIpc) is 3.20. The molecule has 0 aliphatic carbocycles. The van der Waals surface area contributed by atoms with E-state index in [-0.39, 0.29) is 5.92 Å². The first-order valence-electron chi connectivity index (χ1n) is 9.32. The van der Waals surface area contributed by atoms with Crippen LogP contribution in [-0.2, 0) is 16.0 Å². The first-order valence-corrected chi connectivity index (χ1v) is 9.32. The molecule has 2 aliphatic rings. The second-order valence-corrected chi connectivity index (χ2v) is 6.97. The topological polar surface area (TPSA) is 48.0 Å². The lowest BCUT2D eigenvalue weighted by molar-refractivity contribution is -0.139. The SMILES string of the molecule is COc1ccc(CC[C@@H]2CCCCN2C(=O)[C@@H]2CCOC2)cc1OC. The van der Waals surface area contributed by atoms with Gasteiger partial charge < -0.3 is 19.1 Å². The third-order valence-electron chi connectivity index (χ3n) is 5.40. The van der Waals surface area contributed by atoms with E-state index < -0.39 is 0 Å². The lowest BCUT2D eigenvalue weighted by Gasteiger charge is -2.37. The summed E-state index contributed by atoms with van der Waals surface area (Å²) in [4.78, 5) is 14.9. The zero-order valence-corrected chi connectivity index (χ0v) is 15.3. The highest BCUT2D eigenvalue weighted by atomic mass is 16.5. The van der Waals surface area contributed by atoms with Gasteiger partial charge in [-0.1, -0.05) is 6.07 Å². The number of piperidine rings is 1. The van der Waals surface area contributed by atoms with Crippen LogP contribution in [0.3, 0.4) is 0 Å². The summed E-state index contributed by atoms with van der Waals surface area (Å²) in [5.74, 6) is 1.89. The number of aryl methyl sites for hydroxylation is 1. The number of amides is 1. The lowest BCUT2D eigenvalue weighted by Crippen LogP contribution is -2.46. The molecule has 2 fully saturated rings. The van der Waals surface area contributed by atoms with Gasteiger partial charge in [-0.15, -0.1) is 0 Å². The second kappa shape index (κ2) is 8.56. The van der Waals surface area contributed by atoms with Crippen molar-refractivity contribution in [2.45, 2.75) is 44.6 Å². The van der Waals surface area contributed by atoms with Crippen LogP contribution in [0.4, 0.5) is 0 Å². The van der Waals surface area contributed by atoms with Gasteiger partial charge in [-0.25, -0.2) is 0 Å². The normalized spacial score (nSPS) is 23.5. The average molecular weight is 347 g/mol. The van der Waals surface area contributed by atoms with Crippen LogP contribution in [0, 0.1) is 5.92 Å². The highest BCUT2D eigenvalue weighted by Crippen LogP contribution is 2.30. The number of rotatable bonds is 6. The van der Waals surface area contributed by atoms with Crippen molar-refractivity contribution in [1.82, 2.24) is 4.90 Å². The molecule has 5 heteroatoms. The van der Waals surface area contributed by atoms with Crippen LogP contribution in [0.15, 0.2) is 18.2 Å². The summed E-state index contributed by atoms with van der Waals surface area (Å²) in [6.07, 6.45) is 6.24. The molecule has 5 nitrogen and oxygen atoms in total. The van der Waals surface area contributed by atoms with Gasteiger partial charge in [0.15, 0.2) is 11.5 Å². The van der Waals surface area contributed by atoms with Crippen molar-refractivity contribution in [3.05, 3.63) is 23.8 Å². The first kappa shape index (κ1) is 18.1. The molecule has 1 aromatic rings. The molecule has 25 heavy (non-hydrogen) atoms. The Morgan fingerprint density at radius 3 is 2.76 bits per heavy atom. The Morgan fingerprint density at radius 2 is 2.04 bits per heavy atom. The maximum absolute atomic E-state index is 12.8. The molecule has 0 unspecified atom stereocenters. The molecule has 1 amide bonds. The van der Waals surface area contributed by atoms with Crippen LogP contribution in [0.2, 0.25) is 0 Å². The van der Waals surface area contributed by atoms with E-state index in [2.05, 4.69) is 11.0 Å². The molecule has 3 rings (SSSR count). The van der Waals surface area contributed by atoms with Gasteiger partial charge in [-0.3, -0.25) is 4.79 Å². The smallest absolute Gasteiger partial charge is 0.228 e. The summed E-state index contributed by atoms with van der Waals surface area (Å²) in [5, 5.41) is 0. The van der Waals surface area contributed by atoms with Gasteiger partial charge in [0.1, 0.15) is 0 Å². The van der Waals surface area contributed by atoms with Crippen LogP contribution in [0.5, 0.6) is 11.5 Å². The minimum Gasteiger partial charge on any atom is -0.493 e. The Morgan fingerprint density at radius 1 is 1.20 bits per heavy atom. The molecule has 1 aromatic carbocycles. The Bertz CT molecular complexity index is 583. The van der Waals surface area contributed by atoms with Crippen LogP contribution < -0.4 is 9.47 Å². The summed E-state index contributed by atoms with van der Waals surface area (Å²) in [5.41, 5.74) is 1.22. The van der Waals surface area contributed by atoms with Crippen molar-refractivity contribution >= 4 is 5.91 Å². The molecule has 2 atom stereocenters. The van der Waals surface area contributed by atoms with Gasteiger partial charge in [0.2, 0.25) is 5.91 Å². The minimum atomic E-state index is 0.0710. The summed E-state index contributed by atoms with van der Waals surface area (Å²) in [6.45, 7) is 2.21. The molecule has 2 heterocycles. The summed E-state index contributed by atoms with van der Waals surface area (Å²) in [6, 6.07) is 6.42. The van der Waals surface area contributed by atoms with Crippen molar-refractivity contribution in [2.75, 3.05) is 34.0 Å². The predicted octanol–water partition coefficient (Wildman–Crippen LogP) is 3.05. The number of hydrogen-bond acceptors (Lipinski definition) is 4. The Hall–Kier alpha value is -1.75. The molecule has 138 valence electrons. The standard InChI is InChI=1S/C20H29NO4/c1-23-18-9-7-15(13-19(18)24-2)6-8-17-5-3-4-11-21(17)20(22)16-10-12-25-14-16/h7,9,13,16-17H,3-6,8,10-12,14H2,1-2H3/t16-,17+/m1/s1. The monoisotopic (exact) mass is 347 g/mol. The molecule has 0 saturated carbocycles. The van der Waals surface area contributed by atoms with Crippen molar-refractivity contribution < 1.29 is 19.0 Å². The second-order valence-electron chi connectivity index (χ2n) is 6.97. The summed E-state index contributed by atoms with van der Waals surface area (Å²) < 4.78 is 16.1. The minimum absolute atomic E-state index is 0.0710. The van der Waals surface area contributed by atoms with Gasteiger partial charge >= 0.3 is 0 Å². The number of ether oxygens (including phenoxy) is 3. The fourth-order valence-electron chi connectivity index (χ4n) is 3.92. The number of carbonyl (C=O) groups excluding carboxylic acids is 1. The van der Waals surface area contributed by atoms with Gasteiger partial charge in [-0.05, 0) is 56.2 Å². The fourth-order valence-corrected chi connectivity index (χ4v) is 3.92. The van der Waals surface area contributed by atoms with Crippen LogP contribution in [0.1, 0.15) is 37.7 Å². The van der Waals surface area contributed by atoms with Gasteiger partial charge in [0.25, 0.3) is 0 Å². The molecule has 2 aliphatic heterocycles. The lowest BCUT2D eigenvalue weighted by atomic mass is 9.94. The molecule has 0 bridgehead atoms. The van der Waals surface area contributed by atoms with E-state index in [0.717, 1.165) is 56.8 Å². The number of benzene rings is 1. The predicted molar refractivity (Wildman–Crippen MR) is 96.1 cm³/mol. The number of carbonyl (C=O) groups is 1. The van der Waals surface area contributed by atoms with Crippen molar-refractivity contribution in [1.29, 1.82) is 0 Å². The van der Waals surface area contributed by atoms with E-state index in [1.54, 1.807) is 14.2 Å². The maximum atomic E-state index is 12.8. The number of hydrogen-bond donors (Lipinski definition) is 0. The molecule has 2 saturated heterocycles. The van der Waals surface area contributed by atoms with E-state index in [4.69, 9.17) is 14.2 Å². The van der Waals surface area contributed by atoms with E-state index in [1.165, 1.54) is 12.0 Å². The Labute approximate surface area is 150 Å². The van der Waals surface area contributed by atoms with E-state index in [1.807, 2.05) is 12.1 Å². The molecule has 0 spiro atoms. The highest BCUT2D eigenvalue weighted by Gasteiger charge is 2.33. The molecule has 0 radical (unpaired) electrons. The quantitative estimate of drug-likeness (QED) is 0.793. The number of nitrogens with zero attached hydrogens (tertiary/aromatic N) is 1. The molecular formula is C20H29NO4. The third-order valence-corrected chi connectivity index (χ3v) is 5.40. The summed E-state index contributed by atoms with van der Waals surface area (Å²) >= 11 is 0. The molecule has 0 N–H and O–H groups in total. The van der Waals surface area contributed by atoms with E-state index >= 15 is 0 Å². The van der Waals surface area contributed by atoms with Gasteiger partial charge in [-0.2, -0.15) is 0 Å². The van der Waals surface area contributed by atoms with Gasteiger partial charge in [0.05, 0.1) is 26.7 Å². The maximum Gasteiger partial charge on any atom is 0.228 e.